The quantitative estimate of drug-likeness (QED) is 0.669. The molecular weight excluding hydrogens is 200 g/mol. The lowest BCUT2D eigenvalue weighted by Crippen LogP contribution is -2.52. The lowest BCUT2D eigenvalue weighted by atomic mass is 9.81. The van der Waals surface area contributed by atoms with Crippen LogP contribution in [0.4, 0.5) is 0 Å². The molecular formula is C13H28N2O. The van der Waals surface area contributed by atoms with Gasteiger partial charge in [-0.05, 0) is 38.6 Å². The third-order valence-corrected chi connectivity index (χ3v) is 3.86. The molecule has 0 amide bonds. The molecule has 3 heteroatoms. The molecule has 0 spiro atoms. The van der Waals surface area contributed by atoms with Crippen LogP contribution in [0.2, 0.25) is 0 Å². The summed E-state index contributed by atoms with van der Waals surface area (Å²) in [6.45, 7) is 11.6. The fraction of sp³-hybridized carbons (Fsp3) is 0.923. The minimum Gasteiger partial charge on any atom is -0.330 e. The zero-order chi connectivity index (χ0) is 12.8. The molecule has 0 rings (SSSR count). The maximum Gasteiger partial charge on any atom is 0.152 e. The van der Waals surface area contributed by atoms with E-state index < -0.39 is 5.54 Å². The molecule has 16 heavy (non-hydrogen) atoms. The highest BCUT2D eigenvalue weighted by atomic mass is 16.1. The van der Waals surface area contributed by atoms with Crippen LogP contribution in [-0.2, 0) is 4.79 Å². The molecule has 96 valence electrons. The van der Waals surface area contributed by atoms with Crippen molar-refractivity contribution in [2.24, 2.45) is 11.1 Å². The second-order valence-corrected chi connectivity index (χ2v) is 5.17. The summed E-state index contributed by atoms with van der Waals surface area (Å²) >= 11 is 0. The Labute approximate surface area is 100 Å². The van der Waals surface area contributed by atoms with Crippen molar-refractivity contribution >= 4 is 5.78 Å². The number of rotatable bonds is 8. The van der Waals surface area contributed by atoms with Crippen molar-refractivity contribution in [2.45, 2.75) is 59.4 Å². The Balaban J connectivity index is 4.46. The predicted molar refractivity (Wildman–Crippen MR) is 69.4 cm³/mol. The fourth-order valence-corrected chi connectivity index (χ4v) is 1.81. The van der Waals surface area contributed by atoms with Crippen molar-refractivity contribution in [3.05, 3.63) is 0 Å². The van der Waals surface area contributed by atoms with Crippen LogP contribution in [0.5, 0.6) is 0 Å². The van der Waals surface area contributed by atoms with E-state index >= 15 is 0 Å². The van der Waals surface area contributed by atoms with Gasteiger partial charge in [0.25, 0.3) is 0 Å². The van der Waals surface area contributed by atoms with Crippen LogP contribution in [0.25, 0.3) is 0 Å². The summed E-state index contributed by atoms with van der Waals surface area (Å²) in [6, 6.07) is 0. The van der Waals surface area contributed by atoms with Gasteiger partial charge in [0.1, 0.15) is 0 Å². The van der Waals surface area contributed by atoms with E-state index in [2.05, 4.69) is 19.2 Å². The van der Waals surface area contributed by atoms with Gasteiger partial charge < -0.3 is 11.1 Å². The number of nitrogens with one attached hydrogen (secondary N) is 1. The van der Waals surface area contributed by atoms with E-state index in [1.54, 1.807) is 0 Å². The molecule has 3 nitrogen and oxygen atoms in total. The highest BCUT2D eigenvalue weighted by Crippen LogP contribution is 2.24. The van der Waals surface area contributed by atoms with Gasteiger partial charge in [0.2, 0.25) is 0 Å². The van der Waals surface area contributed by atoms with Crippen molar-refractivity contribution in [2.75, 3.05) is 13.1 Å². The summed E-state index contributed by atoms with van der Waals surface area (Å²) in [5.41, 5.74) is 5.54. The topological polar surface area (TPSA) is 55.1 Å². The molecule has 0 aliphatic heterocycles. The molecule has 0 saturated carbocycles. The van der Waals surface area contributed by atoms with E-state index in [9.17, 15) is 4.79 Å². The monoisotopic (exact) mass is 228 g/mol. The van der Waals surface area contributed by atoms with Crippen molar-refractivity contribution < 1.29 is 4.79 Å². The van der Waals surface area contributed by atoms with Crippen LogP contribution < -0.4 is 11.1 Å². The van der Waals surface area contributed by atoms with Crippen LogP contribution in [0, 0.1) is 5.41 Å². The number of hydrogen-bond donors (Lipinski definition) is 2. The minimum atomic E-state index is -0.431. The standard InChI is InChI=1S/C13H28N2O/c1-6-11(16)12(4,5)15-10-13(7-2,8-3)9-14/h15H,6-10,14H2,1-5H3. The van der Waals surface area contributed by atoms with E-state index in [4.69, 9.17) is 5.73 Å². The van der Waals surface area contributed by atoms with Crippen molar-refractivity contribution in [1.82, 2.24) is 5.32 Å². The predicted octanol–water partition coefficient (Wildman–Crippen LogP) is 2.10. The maximum absolute atomic E-state index is 11.7. The highest BCUT2D eigenvalue weighted by Gasteiger charge is 2.30. The second-order valence-electron chi connectivity index (χ2n) is 5.17. The molecule has 0 bridgehead atoms. The van der Waals surface area contributed by atoms with Gasteiger partial charge in [-0.1, -0.05) is 20.8 Å². The largest absolute Gasteiger partial charge is 0.330 e. The van der Waals surface area contributed by atoms with E-state index in [0.29, 0.717) is 13.0 Å². The van der Waals surface area contributed by atoms with Gasteiger partial charge in [0.05, 0.1) is 5.54 Å². The lowest BCUT2D eigenvalue weighted by molar-refractivity contribution is -0.124. The zero-order valence-electron chi connectivity index (χ0n) is 11.5. The van der Waals surface area contributed by atoms with Crippen LogP contribution in [0.1, 0.15) is 53.9 Å². The number of ketones is 1. The van der Waals surface area contributed by atoms with Gasteiger partial charge in [-0.15, -0.1) is 0 Å². The molecule has 0 radical (unpaired) electrons. The second kappa shape index (κ2) is 6.36. The molecule has 0 aromatic heterocycles. The molecule has 0 aromatic carbocycles. The van der Waals surface area contributed by atoms with Crippen LogP contribution >= 0.6 is 0 Å². The third kappa shape index (κ3) is 3.87. The molecule has 0 aliphatic carbocycles. The average molecular weight is 228 g/mol. The Morgan fingerprint density at radius 1 is 1.19 bits per heavy atom. The third-order valence-electron chi connectivity index (χ3n) is 3.86. The van der Waals surface area contributed by atoms with Gasteiger partial charge in [-0.2, -0.15) is 0 Å². The molecule has 0 atom stereocenters. The van der Waals surface area contributed by atoms with Crippen LogP contribution in [0.3, 0.4) is 0 Å². The number of carbonyl (C=O) groups excluding carboxylic acids is 1. The summed E-state index contributed by atoms with van der Waals surface area (Å²) in [4.78, 5) is 11.7. The Bertz CT molecular complexity index is 212. The molecule has 0 fully saturated rings. The van der Waals surface area contributed by atoms with E-state index in [-0.39, 0.29) is 11.2 Å². The SMILES string of the molecule is CCC(=O)C(C)(C)NCC(CC)(CC)CN. The van der Waals surface area contributed by atoms with E-state index in [0.717, 1.165) is 19.4 Å². The van der Waals surface area contributed by atoms with Gasteiger partial charge in [0, 0.05) is 13.0 Å². The molecule has 0 saturated heterocycles. The minimum absolute atomic E-state index is 0.130. The van der Waals surface area contributed by atoms with Gasteiger partial charge in [-0.25, -0.2) is 0 Å². The average Bonchev–Trinajstić information content (AvgIpc) is 2.30. The number of Topliss-reactive ketones (excluding diaryl/α,β-unsaturated/α-hetero) is 1. The fourth-order valence-electron chi connectivity index (χ4n) is 1.81. The summed E-state index contributed by atoms with van der Waals surface area (Å²) < 4.78 is 0. The molecule has 0 unspecified atom stereocenters. The number of nitrogens with two attached hydrogens (primary N) is 1. The molecule has 0 heterocycles. The Hall–Kier alpha value is -0.410. The van der Waals surface area contributed by atoms with Crippen molar-refractivity contribution in [3.8, 4) is 0 Å². The van der Waals surface area contributed by atoms with Crippen LogP contribution in [-0.4, -0.2) is 24.4 Å². The van der Waals surface area contributed by atoms with E-state index in [1.165, 1.54) is 0 Å². The number of hydrogen-bond acceptors (Lipinski definition) is 3. The first-order valence-electron chi connectivity index (χ1n) is 6.36. The smallest absolute Gasteiger partial charge is 0.152 e. The van der Waals surface area contributed by atoms with Gasteiger partial charge >= 0.3 is 0 Å². The molecule has 3 N–H and O–H groups in total. The highest BCUT2D eigenvalue weighted by molar-refractivity contribution is 5.87. The summed E-state index contributed by atoms with van der Waals surface area (Å²) in [5, 5.41) is 3.37. The Morgan fingerprint density at radius 3 is 2.00 bits per heavy atom. The normalized spacial score (nSPS) is 12.9. The maximum atomic E-state index is 11.7. The molecule has 0 aromatic rings. The Kier molecular flexibility index (Phi) is 6.19. The van der Waals surface area contributed by atoms with Crippen LogP contribution in [0.15, 0.2) is 0 Å². The summed E-state index contributed by atoms with van der Waals surface area (Å²) in [6.07, 6.45) is 2.67. The summed E-state index contributed by atoms with van der Waals surface area (Å²) in [7, 11) is 0. The first kappa shape index (κ1) is 15.6. The Morgan fingerprint density at radius 2 is 1.69 bits per heavy atom. The molecule has 0 aliphatic rings. The van der Waals surface area contributed by atoms with E-state index in [1.807, 2.05) is 20.8 Å². The first-order chi connectivity index (χ1) is 7.37. The van der Waals surface area contributed by atoms with Crippen molar-refractivity contribution in [1.29, 1.82) is 0 Å². The van der Waals surface area contributed by atoms with Crippen molar-refractivity contribution in [3.63, 3.8) is 0 Å². The first-order valence-corrected chi connectivity index (χ1v) is 6.36. The summed E-state index contributed by atoms with van der Waals surface area (Å²) in [5.74, 6) is 0.255. The lowest BCUT2D eigenvalue weighted by Gasteiger charge is -2.35. The number of carbonyl (C=O) groups is 1. The van der Waals surface area contributed by atoms with Gasteiger partial charge in [-0.3, -0.25) is 4.79 Å². The van der Waals surface area contributed by atoms with Gasteiger partial charge in [0.15, 0.2) is 5.78 Å². The zero-order valence-corrected chi connectivity index (χ0v) is 11.5.